The molecule has 1 aliphatic rings. The Labute approximate surface area is 170 Å². The highest BCUT2D eigenvalue weighted by Crippen LogP contribution is 2.22. The molecular formula is C22H22ClN3S. The molecule has 27 heavy (non-hydrogen) atoms. The van der Waals surface area contributed by atoms with E-state index in [0.717, 1.165) is 43.5 Å². The number of hydrogen-bond acceptors (Lipinski definition) is 2. The molecule has 1 aliphatic heterocycles. The summed E-state index contributed by atoms with van der Waals surface area (Å²) in [5, 5.41) is 7.36. The summed E-state index contributed by atoms with van der Waals surface area (Å²) >= 11 is 11.8. The second kappa shape index (κ2) is 8.26. The van der Waals surface area contributed by atoms with E-state index in [9.17, 15) is 0 Å². The van der Waals surface area contributed by atoms with E-state index in [0.29, 0.717) is 5.02 Å². The number of nitrogens with one attached hydrogen (secondary N) is 1. The van der Waals surface area contributed by atoms with E-state index in [1.165, 1.54) is 16.3 Å². The quantitative estimate of drug-likeness (QED) is 0.628. The number of para-hydroxylation sites is 1. The molecule has 0 saturated carbocycles. The van der Waals surface area contributed by atoms with Gasteiger partial charge in [-0.25, -0.2) is 0 Å². The van der Waals surface area contributed by atoms with Crippen LogP contribution in [0.25, 0.3) is 10.8 Å². The minimum absolute atomic E-state index is 0.689. The largest absolute Gasteiger partial charge is 0.346 e. The predicted molar refractivity (Wildman–Crippen MR) is 118 cm³/mol. The molecule has 0 aromatic heterocycles. The Balaban J connectivity index is 1.36. The summed E-state index contributed by atoms with van der Waals surface area (Å²) in [5.74, 6) is 0. The summed E-state index contributed by atoms with van der Waals surface area (Å²) in [7, 11) is 0. The Morgan fingerprint density at radius 3 is 2.41 bits per heavy atom. The Morgan fingerprint density at radius 1 is 0.889 bits per heavy atom. The highest BCUT2D eigenvalue weighted by Gasteiger charge is 2.20. The van der Waals surface area contributed by atoms with Gasteiger partial charge in [0.15, 0.2) is 5.11 Å². The standard InChI is InChI=1S/C22H22ClN3S/c23-20-10-3-4-11-21(20)24-22(27)26-14-12-25(13-15-26)16-18-8-5-7-17-6-1-2-9-19(17)18/h1-11H,12-16H2,(H,24,27). The van der Waals surface area contributed by atoms with Crippen molar-refractivity contribution in [2.75, 3.05) is 31.5 Å². The molecule has 3 nitrogen and oxygen atoms in total. The Morgan fingerprint density at radius 2 is 1.59 bits per heavy atom. The van der Waals surface area contributed by atoms with Crippen LogP contribution in [-0.4, -0.2) is 41.1 Å². The summed E-state index contributed by atoms with van der Waals surface area (Å²) in [6, 6.07) is 22.9. The topological polar surface area (TPSA) is 18.5 Å². The summed E-state index contributed by atoms with van der Waals surface area (Å²) in [6.07, 6.45) is 0. The maximum atomic E-state index is 6.22. The zero-order valence-corrected chi connectivity index (χ0v) is 16.6. The average molecular weight is 396 g/mol. The monoisotopic (exact) mass is 395 g/mol. The van der Waals surface area contributed by atoms with Crippen LogP contribution < -0.4 is 5.32 Å². The Bertz CT molecular complexity index is 946. The van der Waals surface area contributed by atoms with Crippen LogP contribution in [0.5, 0.6) is 0 Å². The lowest BCUT2D eigenvalue weighted by Gasteiger charge is -2.36. The van der Waals surface area contributed by atoms with Crippen molar-refractivity contribution in [1.29, 1.82) is 0 Å². The van der Waals surface area contributed by atoms with Gasteiger partial charge in [-0.05, 0) is 40.7 Å². The Hall–Kier alpha value is -2.14. The fraction of sp³-hybridized carbons (Fsp3) is 0.227. The van der Waals surface area contributed by atoms with Gasteiger partial charge in [0.25, 0.3) is 0 Å². The molecule has 1 fully saturated rings. The number of rotatable bonds is 3. The van der Waals surface area contributed by atoms with Crippen molar-refractivity contribution in [3.63, 3.8) is 0 Å². The van der Waals surface area contributed by atoms with Crippen LogP contribution >= 0.6 is 23.8 Å². The summed E-state index contributed by atoms with van der Waals surface area (Å²) < 4.78 is 0. The van der Waals surface area contributed by atoms with Gasteiger partial charge in [-0.3, -0.25) is 4.90 Å². The number of piperazine rings is 1. The number of hydrogen-bond donors (Lipinski definition) is 1. The van der Waals surface area contributed by atoms with Crippen molar-refractivity contribution in [1.82, 2.24) is 9.80 Å². The van der Waals surface area contributed by atoms with Crippen molar-refractivity contribution >= 4 is 45.4 Å². The third kappa shape index (κ3) is 4.24. The fourth-order valence-electron chi connectivity index (χ4n) is 3.54. The SMILES string of the molecule is S=C(Nc1ccccc1Cl)N1CCN(Cc2cccc3ccccc23)CC1. The zero-order chi connectivity index (χ0) is 18.6. The van der Waals surface area contributed by atoms with Crippen molar-refractivity contribution in [2.24, 2.45) is 0 Å². The minimum atomic E-state index is 0.689. The lowest BCUT2D eigenvalue weighted by atomic mass is 10.0. The zero-order valence-electron chi connectivity index (χ0n) is 15.1. The molecule has 3 aromatic carbocycles. The van der Waals surface area contributed by atoms with E-state index in [4.69, 9.17) is 23.8 Å². The number of fused-ring (bicyclic) bond motifs is 1. The summed E-state index contributed by atoms with van der Waals surface area (Å²) in [4.78, 5) is 4.72. The molecule has 3 aromatic rings. The number of anilines is 1. The van der Waals surface area contributed by atoms with Gasteiger partial charge < -0.3 is 10.2 Å². The van der Waals surface area contributed by atoms with E-state index in [2.05, 4.69) is 57.6 Å². The number of benzene rings is 3. The third-order valence-corrected chi connectivity index (χ3v) is 5.74. The van der Waals surface area contributed by atoms with Crippen LogP contribution in [0.1, 0.15) is 5.56 Å². The number of nitrogens with zero attached hydrogens (tertiary/aromatic N) is 2. The minimum Gasteiger partial charge on any atom is -0.346 e. The van der Waals surface area contributed by atoms with E-state index >= 15 is 0 Å². The van der Waals surface area contributed by atoms with Gasteiger partial charge in [0.05, 0.1) is 10.7 Å². The van der Waals surface area contributed by atoms with Gasteiger partial charge in [-0.1, -0.05) is 66.2 Å². The molecule has 138 valence electrons. The van der Waals surface area contributed by atoms with Gasteiger partial charge in [0, 0.05) is 32.7 Å². The fourth-order valence-corrected chi connectivity index (χ4v) is 4.01. The summed E-state index contributed by atoms with van der Waals surface area (Å²) in [6.45, 7) is 4.79. The van der Waals surface area contributed by atoms with Crippen LogP contribution in [0.3, 0.4) is 0 Å². The summed E-state index contributed by atoms with van der Waals surface area (Å²) in [5.41, 5.74) is 2.25. The molecule has 4 rings (SSSR count). The normalized spacial score (nSPS) is 15.1. The van der Waals surface area contributed by atoms with Crippen molar-refractivity contribution in [3.05, 3.63) is 77.3 Å². The molecule has 1 saturated heterocycles. The lowest BCUT2D eigenvalue weighted by Crippen LogP contribution is -2.49. The smallest absolute Gasteiger partial charge is 0.173 e. The van der Waals surface area contributed by atoms with Crippen molar-refractivity contribution in [3.8, 4) is 0 Å². The van der Waals surface area contributed by atoms with Crippen LogP contribution in [0, 0.1) is 0 Å². The van der Waals surface area contributed by atoms with Crippen LogP contribution in [-0.2, 0) is 6.54 Å². The van der Waals surface area contributed by atoms with Crippen LogP contribution in [0.4, 0.5) is 5.69 Å². The second-order valence-corrected chi connectivity index (χ2v) is 7.61. The van der Waals surface area contributed by atoms with Gasteiger partial charge in [-0.15, -0.1) is 0 Å². The molecule has 0 spiro atoms. The molecule has 0 atom stereocenters. The highest BCUT2D eigenvalue weighted by molar-refractivity contribution is 7.80. The number of thiocarbonyl (C=S) groups is 1. The van der Waals surface area contributed by atoms with E-state index in [-0.39, 0.29) is 0 Å². The predicted octanol–water partition coefficient (Wildman–Crippen LogP) is 5.01. The molecular weight excluding hydrogens is 374 g/mol. The van der Waals surface area contributed by atoms with Crippen molar-refractivity contribution in [2.45, 2.75) is 6.54 Å². The number of halogens is 1. The van der Waals surface area contributed by atoms with Crippen LogP contribution in [0.15, 0.2) is 66.7 Å². The lowest BCUT2D eigenvalue weighted by molar-refractivity contribution is 0.177. The molecule has 0 amide bonds. The first-order chi connectivity index (χ1) is 13.2. The molecule has 1 N–H and O–H groups in total. The average Bonchev–Trinajstić information content (AvgIpc) is 2.70. The van der Waals surface area contributed by atoms with E-state index in [1.807, 2.05) is 24.3 Å². The molecule has 5 heteroatoms. The van der Waals surface area contributed by atoms with Gasteiger partial charge in [0.2, 0.25) is 0 Å². The highest BCUT2D eigenvalue weighted by atomic mass is 35.5. The second-order valence-electron chi connectivity index (χ2n) is 6.81. The third-order valence-electron chi connectivity index (χ3n) is 5.05. The molecule has 0 bridgehead atoms. The van der Waals surface area contributed by atoms with Gasteiger partial charge in [0.1, 0.15) is 0 Å². The van der Waals surface area contributed by atoms with E-state index < -0.39 is 0 Å². The Kier molecular flexibility index (Phi) is 5.58. The van der Waals surface area contributed by atoms with E-state index in [1.54, 1.807) is 0 Å². The molecule has 0 aliphatic carbocycles. The molecule has 0 unspecified atom stereocenters. The molecule has 0 radical (unpaired) electrons. The maximum Gasteiger partial charge on any atom is 0.173 e. The molecule has 1 heterocycles. The van der Waals surface area contributed by atoms with Gasteiger partial charge >= 0.3 is 0 Å². The first-order valence-corrected chi connectivity index (χ1v) is 9.99. The first kappa shape index (κ1) is 18.2. The first-order valence-electron chi connectivity index (χ1n) is 9.20. The van der Waals surface area contributed by atoms with Crippen LogP contribution in [0.2, 0.25) is 5.02 Å². The van der Waals surface area contributed by atoms with Crippen molar-refractivity contribution < 1.29 is 0 Å². The van der Waals surface area contributed by atoms with Gasteiger partial charge in [-0.2, -0.15) is 0 Å². The maximum absolute atomic E-state index is 6.22.